The third kappa shape index (κ3) is 7.45. The van der Waals surface area contributed by atoms with Gasteiger partial charge >= 0.3 is 30.1 Å². The first kappa shape index (κ1) is 27.5. The number of carbonyl (C=O) groups is 4. The van der Waals surface area contributed by atoms with E-state index in [1.54, 1.807) is 18.2 Å². The molecule has 0 spiro atoms. The molecule has 3 rings (SSSR count). The average molecular weight is 521 g/mol. The van der Waals surface area contributed by atoms with Crippen molar-refractivity contribution in [3.05, 3.63) is 60.2 Å². The van der Waals surface area contributed by atoms with Crippen molar-refractivity contribution in [3.63, 3.8) is 0 Å². The molecule has 1 aliphatic rings. The number of esters is 1. The maximum absolute atomic E-state index is 13.6. The van der Waals surface area contributed by atoms with Crippen LogP contribution in [0.4, 0.5) is 29.3 Å². The number of nitrogens with one attached hydrogen (secondary N) is 1. The number of anilines is 2. The Kier molecular flexibility index (Phi) is 9.10. The Morgan fingerprint density at radius 2 is 1.57 bits per heavy atom. The van der Waals surface area contributed by atoms with Gasteiger partial charge in [0.1, 0.15) is 0 Å². The van der Waals surface area contributed by atoms with E-state index in [1.807, 2.05) is 0 Å². The van der Waals surface area contributed by atoms with Gasteiger partial charge in [-0.2, -0.15) is 13.2 Å². The smallest absolute Gasteiger partial charge is 0.473 e. The lowest BCUT2D eigenvalue weighted by Crippen LogP contribution is -2.57. The molecule has 198 valence electrons. The fraction of sp³-hybridized carbons (Fsp3) is 0.360. The first-order valence-electron chi connectivity index (χ1n) is 11.6. The lowest BCUT2D eigenvalue weighted by molar-refractivity contribution is -0.187. The minimum absolute atomic E-state index is 0.0192. The summed E-state index contributed by atoms with van der Waals surface area (Å²) in [5.74, 6) is -4.54. The lowest BCUT2D eigenvalue weighted by Gasteiger charge is -2.44. The molecule has 0 heterocycles. The molecule has 1 fully saturated rings. The van der Waals surface area contributed by atoms with E-state index in [1.165, 1.54) is 36.4 Å². The summed E-state index contributed by atoms with van der Waals surface area (Å²) in [4.78, 5) is 48.4. The molecule has 9 nitrogen and oxygen atoms in total. The van der Waals surface area contributed by atoms with E-state index in [2.05, 4.69) is 5.32 Å². The predicted octanol–water partition coefficient (Wildman–Crippen LogP) is 5.00. The Balaban J connectivity index is 1.96. The molecule has 37 heavy (non-hydrogen) atoms. The molecule has 2 aromatic rings. The van der Waals surface area contributed by atoms with Crippen molar-refractivity contribution in [2.45, 2.75) is 50.7 Å². The van der Waals surface area contributed by atoms with Crippen LogP contribution in [0.25, 0.3) is 0 Å². The van der Waals surface area contributed by atoms with E-state index in [4.69, 9.17) is 9.84 Å². The Hall–Kier alpha value is -4.09. The standard InChI is InChI=1S/C25H26F3N3O6/c26-25(27,28)23(35)30(16-15-21(32)33)31(18-11-5-2-6-12-18)20-14-8-7-13-19(20)29-24(36)37-22(34)17-9-3-1-4-10-17/h1,3-4,7-10,13-14,18H,2,5-6,11-12,15-16H2,(H,29,36)(H,32,33). The summed E-state index contributed by atoms with van der Waals surface area (Å²) in [6.07, 6.45) is -4.04. The molecule has 2 amide bonds. The zero-order chi connectivity index (χ0) is 27.0. The zero-order valence-corrected chi connectivity index (χ0v) is 19.7. The van der Waals surface area contributed by atoms with Crippen LogP contribution in [0.5, 0.6) is 0 Å². The van der Waals surface area contributed by atoms with Gasteiger partial charge in [0.15, 0.2) is 0 Å². The van der Waals surface area contributed by atoms with E-state index >= 15 is 0 Å². The summed E-state index contributed by atoms with van der Waals surface area (Å²) in [7, 11) is 0. The number of hydrazine groups is 1. The number of carboxylic acid groups (broad SMARTS) is 1. The molecule has 0 atom stereocenters. The van der Waals surface area contributed by atoms with Crippen LogP contribution in [-0.4, -0.2) is 52.8 Å². The summed E-state index contributed by atoms with van der Waals surface area (Å²) in [5.41, 5.74) is 0.126. The quantitative estimate of drug-likeness (QED) is 0.285. The fourth-order valence-corrected chi connectivity index (χ4v) is 4.14. The van der Waals surface area contributed by atoms with Gasteiger partial charge in [0, 0.05) is 0 Å². The highest BCUT2D eigenvalue weighted by Gasteiger charge is 2.46. The van der Waals surface area contributed by atoms with Crippen LogP contribution in [-0.2, 0) is 14.3 Å². The Labute approximate surface area is 210 Å². The second-order valence-electron chi connectivity index (χ2n) is 8.39. The van der Waals surface area contributed by atoms with Crippen LogP contribution >= 0.6 is 0 Å². The van der Waals surface area contributed by atoms with Gasteiger partial charge in [-0.15, -0.1) is 0 Å². The Bertz CT molecular complexity index is 1120. The van der Waals surface area contributed by atoms with Gasteiger partial charge < -0.3 is 9.84 Å². The number of carbonyl (C=O) groups excluding carboxylic acids is 3. The number of aliphatic carboxylic acids is 1. The number of hydrogen-bond donors (Lipinski definition) is 2. The van der Waals surface area contributed by atoms with Crippen molar-refractivity contribution in [3.8, 4) is 0 Å². The minimum atomic E-state index is -5.27. The van der Waals surface area contributed by atoms with Crippen LogP contribution in [0, 0.1) is 0 Å². The average Bonchev–Trinajstić information content (AvgIpc) is 2.87. The molecule has 0 bridgehead atoms. The Morgan fingerprint density at radius 1 is 0.946 bits per heavy atom. The van der Waals surface area contributed by atoms with Gasteiger partial charge in [-0.1, -0.05) is 49.6 Å². The van der Waals surface area contributed by atoms with Crippen LogP contribution in [0.15, 0.2) is 54.6 Å². The number of ether oxygens (including phenoxy) is 1. The van der Waals surface area contributed by atoms with Crippen LogP contribution < -0.4 is 10.3 Å². The summed E-state index contributed by atoms with van der Waals surface area (Å²) < 4.78 is 45.6. The molecule has 12 heteroatoms. The molecule has 0 aliphatic heterocycles. The third-order valence-electron chi connectivity index (χ3n) is 5.78. The van der Waals surface area contributed by atoms with Gasteiger partial charge in [0.2, 0.25) is 0 Å². The maximum atomic E-state index is 13.6. The van der Waals surface area contributed by atoms with Crippen molar-refractivity contribution in [1.82, 2.24) is 5.01 Å². The van der Waals surface area contributed by atoms with Gasteiger partial charge in [-0.05, 0) is 37.1 Å². The highest BCUT2D eigenvalue weighted by molar-refractivity contribution is 6.01. The summed E-state index contributed by atoms with van der Waals surface area (Å²) in [5, 5.41) is 13.0. The van der Waals surface area contributed by atoms with Crippen molar-refractivity contribution < 1.29 is 42.2 Å². The number of nitrogens with zero attached hydrogens (tertiary/aromatic N) is 2. The predicted molar refractivity (Wildman–Crippen MR) is 127 cm³/mol. The van der Waals surface area contributed by atoms with E-state index < -0.39 is 49.1 Å². The molecule has 1 saturated carbocycles. The van der Waals surface area contributed by atoms with Crippen molar-refractivity contribution >= 4 is 35.3 Å². The Morgan fingerprint density at radius 3 is 2.19 bits per heavy atom. The SMILES string of the molecule is O=C(O)CCN(C(=O)C(F)(F)F)N(c1ccccc1NC(=O)OC(=O)c1ccccc1)C1CCCCC1. The maximum Gasteiger partial charge on any atom is 0.473 e. The minimum Gasteiger partial charge on any atom is -0.481 e. The van der Waals surface area contributed by atoms with Crippen LogP contribution in [0.3, 0.4) is 0 Å². The first-order valence-corrected chi connectivity index (χ1v) is 11.6. The number of alkyl halides is 3. The number of halogens is 3. The molecule has 0 radical (unpaired) electrons. The molecule has 2 aromatic carbocycles. The van der Waals surface area contributed by atoms with Gasteiger partial charge in [-0.25, -0.2) is 14.6 Å². The zero-order valence-electron chi connectivity index (χ0n) is 19.7. The topological polar surface area (TPSA) is 116 Å². The highest BCUT2D eigenvalue weighted by atomic mass is 19.4. The number of para-hydroxylation sites is 2. The summed E-state index contributed by atoms with van der Waals surface area (Å²) in [6, 6.07) is 12.9. The number of rotatable bonds is 8. The van der Waals surface area contributed by atoms with Gasteiger partial charge in [0.25, 0.3) is 0 Å². The monoisotopic (exact) mass is 521 g/mol. The highest BCUT2D eigenvalue weighted by Crippen LogP contribution is 2.35. The van der Waals surface area contributed by atoms with E-state index in [0.29, 0.717) is 30.7 Å². The number of benzene rings is 2. The number of hydrogen-bond acceptors (Lipinski definition) is 6. The lowest BCUT2D eigenvalue weighted by atomic mass is 9.94. The number of amides is 2. The molecule has 0 aromatic heterocycles. The van der Waals surface area contributed by atoms with Crippen LogP contribution in [0.2, 0.25) is 0 Å². The third-order valence-corrected chi connectivity index (χ3v) is 5.78. The second-order valence-corrected chi connectivity index (χ2v) is 8.39. The first-order chi connectivity index (χ1) is 17.6. The molecule has 2 N–H and O–H groups in total. The largest absolute Gasteiger partial charge is 0.481 e. The second kappa shape index (κ2) is 12.2. The van der Waals surface area contributed by atoms with Crippen molar-refractivity contribution in [2.75, 3.05) is 16.9 Å². The van der Waals surface area contributed by atoms with E-state index in [-0.39, 0.29) is 16.9 Å². The molecule has 1 aliphatic carbocycles. The molecule has 0 saturated heterocycles. The molecular weight excluding hydrogens is 495 g/mol. The van der Waals surface area contributed by atoms with Gasteiger partial charge in [-0.3, -0.25) is 19.9 Å². The normalized spacial score (nSPS) is 13.9. The van der Waals surface area contributed by atoms with Crippen LogP contribution in [0.1, 0.15) is 48.9 Å². The van der Waals surface area contributed by atoms with E-state index in [0.717, 1.165) is 11.4 Å². The summed E-state index contributed by atoms with van der Waals surface area (Å²) >= 11 is 0. The fourth-order valence-electron chi connectivity index (χ4n) is 4.14. The van der Waals surface area contributed by atoms with Crippen molar-refractivity contribution in [1.29, 1.82) is 0 Å². The molecule has 0 unspecified atom stereocenters. The molecular formula is C25H26F3N3O6. The number of carboxylic acids is 1. The van der Waals surface area contributed by atoms with Gasteiger partial charge in [0.05, 0.1) is 35.9 Å². The van der Waals surface area contributed by atoms with Crippen molar-refractivity contribution in [2.24, 2.45) is 0 Å². The summed E-state index contributed by atoms with van der Waals surface area (Å²) in [6.45, 7) is -0.741. The van der Waals surface area contributed by atoms with E-state index in [9.17, 15) is 32.3 Å².